The normalized spacial score (nSPS) is 10.9. The Hall–Kier alpha value is -3.51. The number of pyridine rings is 1. The van der Waals surface area contributed by atoms with E-state index in [1.54, 1.807) is 18.2 Å². The van der Waals surface area contributed by atoms with Gasteiger partial charge in [0, 0.05) is 11.9 Å². The highest BCUT2D eigenvalue weighted by Gasteiger charge is 2.21. The molecule has 0 atom stereocenters. The highest BCUT2D eigenvalue weighted by atomic mass is 35.5. The number of fused-ring (bicyclic) bond motifs is 1. The van der Waals surface area contributed by atoms with Crippen LogP contribution in [0.25, 0.3) is 16.9 Å². The van der Waals surface area contributed by atoms with Crippen molar-refractivity contribution < 1.29 is 9.53 Å². The number of aromatic nitrogens is 2. The Morgan fingerprint density at radius 3 is 2.57 bits per heavy atom. The van der Waals surface area contributed by atoms with Gasteiger partial charge in [-0.2, -0.15) is 0 Å². The molecule has 3 N–H and O–H groups in total. The molecule has 0 radical (unpaired) electrons. The number of hydrogen-bond donors (Lipinski definition) is 2. The molecule has 0 saturated heterocycles. The average Bonchev–Trinajstić information content (AvgIpc) is 3.07. The standard InChI is InChI=1S/C23H21ClN4O2/c1-14-7-5-8-15(2)21(14)27-23-22(26-19-11-3-4-12-28(19)23)20-16(24)9-6-10-17(20)30-13-18(25)29/h3-12,27H,13H2,1-2H3,(H2,25,29). The number of nitrogens with one attached hydrogen (secondary N) is 1. The largest absolute Gasteiger partial charge is 0.483 e. The molecule has 0 aliphatic rings. The lowest BCUT2D eigenvalue weighted by atomic mass is 10.1. The summed E-state index contributed by atoms with van der Waals surface area (Å²) in [6, 6.07) is 17.2. The summed E-state index contributed by atoms with van der Waals surface area (Å²) in [5, 5.41) is 4.01. The number of anilines is 2. The van der Waals surface area contributed by atoms with E-state index in [1.807, 2.05) is 34.9 Å². The zero-order valence-corrected chi connectivity index (χ0v) is 17.4. The monoisotopic (exact) mass is 420 g/mol. The molecule has 0 spiro atoms. The SMILES string of the molecule is Cc1cccc(C)c1Nc1c(-c2c(Cl)cccc2OCC(N)=O)nc2ccccn12. The Kier molecular flexibility index (Phi) is 5.33. The van der Waals surface area contributed by atoms with Crippen LogP contribution < -0.4 is 15.8 Å². The molecule has 0 aliphatic carbocycles. The van der Waals surface area contributed by atoms with E-state index in [9.17, 15) is 4.79 Å². The minimum Gasteiger partial charge on any atom is -0.483 e. The number of carbonyl (C=O) groups excluding carboxylic acids is 1. The second-order valence-electron chi connectivity index (χ2n) is 7.00. The molecular weight excluding hydrogens is 400 g/mol. The van der Waals surface area contributed by atoms with Crippen LogP contribution in [0, 0.1) is 13.8 Å². The molecule has 2 aromatic carbocycles. The van der Waals surface area contributed by atoms with Gasteiger partial charge >= 0.3 is 0 Å². The number of amides is 1. The fourth-order valence-corrected chi connectivity index (χ4v) is 3.68. The second kappa shape index (κ2) is 8.08. The minimum absolute atomic E-state index is 0.250. The molecule has 2 heterocycles. The van der Waals surface area contributed by atoms with E-state index < -0.39 is 5.91 Å². The van der Waals surface area contributed by atoms with Crippen LogP contribution in [0.4, 0.5) is 11.5 Å². The summed E-state index contributed by atoms with van der Waals surface area (Å²) in [6.07, 6.45) is 1.93. The molecular formula is C23H21ClN4O2. The topological polar surface area (TPSA) is 81.6 Å². The molecule has 4 aromatic rings. The van der Waals surface area contributed by atoms with Crippen molar-refractivity contribution in [2.45, 2.75) is 13.8 Å². The third kappa shape index (κ3) is 3.69. The van der Waals surface area contributed by atoms with Crippen molar-refractivity contribution in [2.24, 2.45) is 5.73 Å². The Morgan fingerprint density at radius 2 is 1.83 bits per heavy atom. The van der Waals surface area contributed by atoms with Crippen molar-refractivity contribution in [3.05, 3.63) is 76.9 Å². The number of ether oxygens (including phenoxy) is 1. The maximum atomic E-state index is 11.3. The van der Waals surface area contributed by atoms with E-state index in [4.69, 9.17) is 27.1 Å². The van der Waals surface area contributed by atoms with Gasteiger partial charge in [0.1, 0.15) is 22.9 Å². The van der Waals surface area contributed by atoms with Crippen LogP contribution in [0.5, 0.6) is 5.75 Å². The molecule has 30 heavy (non-hydrogen) atoms. The summed E-state index contributed by atoms with van der Waals surface area (Å²) < 4.78 is 7.61. The zero-order valence-electron chi connectivity index (χ0n) is 16.6. The van der Waals surface area contributed by atoms with Crippen LogP contribution in [0.2, 0.25) is 5.02 Å². The van der Waals surface area contributed by atoms with Gasteiger partial charge in [0.05, 0.1) is 10.6 Å². The first-order valence-electron chi connectivity index (χ1n) is 9.46. The number of primary amides is 1. The van der Waals surface area contributed by atoms with Gasteiger partial charge in [-0.15, -0.1) is 0 Å². The summed E-state index contributed by atoms with van der Waals surface area (Å²) >= 11 is 6.57. The quantitative estimate of drug-likeness (QED) is 0.465. The Labute approximate surface area is 179 Å². The highest BCUT2D eigenvalue weighted by Crippen LogP contribution is 2.41. The van der Waals surface area contributed by atoms with E-state index in [0.29, 0.717) is 22.0 Å². The molecule has 0 bridgehead atoms. The number of rotatable bonds is 6. The van der Waals surface area contributed by atoms with Crippen molar-refractivity contribution in [3.8, 4) is 17.0 Å². The second-order valence-corrected chi connectivity index (χ2v) is 7.40. The van der Waals surface area contributed by atoms with Gasteiger partial charge in [-0.25, -0.2) is 4.98 Å². The van der Waals surface area contributed by atoms with Crippen molar-refractivity contribution >= 4 is 34.7 Å². The number of benzene rings is 2. The molecule has 152 valence electrons. The zero-order chi connectivity index (χ0) is 21.3. The van der Waals surface area contributed by atoms with Gasteiger partial charge in [-0.05, 0) is 49.2 Å². The minimum atomic E-state index is -0.565. The number of halogens is 1. The molecule has 2 aromatic heterocycles. The van der Waals surface area contributed by atoms with Crippen molar-refractivity contribution in [3.63, 3.8) is 0 Å². The number of para-hydroxylation sites is 1. The van der Waals surface area contributed by atoms with Gasteiger partial charge in [-0.3, -0.25) is 9.20 Å². The third-order valence-corrected chi connectivity index (χ3v) is 5.15. The number of nitrogens with two attached hydrogens (primary N) is 1. The third-order valence-electron chi connectivity index (χ3n) is 4.84. The van der Waals surface area contributed by atoms with Crippen LogP contribution in [-0.2, 0) is 4.79 Å². The molecule has 0 aliphatic heterocycles. The number of aryl methyl sites for hydroxylation is 2. The highest BCUT2D eigenvalue weighted by molar-refractivity contribution is 6.33. The Bertz CT molecular complexity index is 1230. The molecule has 6 nitrogen and oxygen atoms in total. The summed E-state index contributed by atoms with van der Waals surface area (Å²) in [4.78, 5) is 16.1. The molecule has 1 amide bonds. The molecule has 0 fully saturated rings. The summed E-state index contributed by atoms with van der Waals surface area (Å²) in [6.45, 7) is 3.85. The molecule has 0 saturated carbocycles. The first-order chi connectivity index (χ1) is 14.5. The van der Waals surface area contributed by atoms with Crippen molar-refractivity contribution in [2.75, 3.05) is 11.9 Å². The average molecular weight is 421 g/mol. The van der Waals surface area contributed by atoms with Crippen LogP contribution in [0.3, 0.4) is 0 Å². The van der Waals surface area contributed by atoms with E-state index in [2.05, 4.69) is 31.3 Å². The van der Waals surface area contributed by atoms with Crippen LogP contribution >= 0.6 is 11.6 Å². The molecule has 0 unspecified atom stereocenters. The van der Waals surface area contributed by atoms with Crippen LogP contribution in [-0.4, -0.2) is 21.9 Å². The van der Waals surface area contributed by atoms with Crippen molar-refractivity contribution in [1.29, 1.82) is 0 Å². The summed E-state index contributed by atoms with van der Waals surface area (Å²) in [5.41, 5.74) is 10.4. The molecule has 4 rings (SSSR count). The lowest BCUT2D eigenvalue weighted by Gasteiger charge is -2.16. The van der Waals surface area contributed by atoms with E-state index >= 15 is 0 Å². The maximum Gasteiger partial charge on any atom is 0.255 e. The number of nitrogens with zero attached hydrogens (tertiary/aromatic N) is 2. The predicted molar refractivity (Wildman–Crippen MR) is 120 cm³/mol. The van der Waals surface area contributed by atoms with Crippen LogP contribution in [0.1, 0.15) is 11.1 Å². The predicted octanol–water partition coefficient (Wildman–Crippen LogP) is 4.88. The van der Waals surface area contributed by atoms with E-state index in [-0.39, 0.29) is 6.61 Å². The molecule has 7 heteroatoms. The fourth-order valence-electron chi connectivity index (χ4n) is 3.42. The van der Waals surface area contributed by atoms with Crippen LogP contribution in [0.15, 0.2) is 60.8 Å². The number of carbonyl (C=O) groups is 1. The Morgan fingerprint density at radius 1 is 1.10 bits per heavy atom. The lowest BCUT2D eigenvalue weighted by Crippen LogP contribution is -2.20. The van der Waals surface area contributed by atoms with Gasteiger partial charge in [0.25, 0.3) is 5.91 Å². The number of imidazole rings is 1. The van der Waals surface area contributed by atoms with Crippen molar-refractivity contribution in [1.82, 2.24) is 9.38 Å². The first-order valence-corrected chi connectivity index (χ1v) is 9.84. The summed E-state index contributed by atoms with van der Waals surface area (Å²) in [5.74, 6) is 0.624. The number of hydrogen-bond acceptors (Lipinski definition) is 4. The first kappa shape index (κ1) is 19.8. The van der Waals surface area contributed by atoms with Gasteiger partial charge in [0.15, 0.2) is 6.61 Å². The Balaban J connectivity index is 1.93. The lowest BCUT2D eigenvalue weighted by molar-refractivity contribution is -0.119. The smallest absolute Gasteiger partial charge is 0.255 e. The van der Waals surface area contributed by atoms with Gasteiger partial charge in [-0.1, -0.05) is 41.9 Å². The van der Waals surface area contributed by atoms with E-state index in [1.165, 1.54) is 0 Å². The maximum absolute atomic E-state index is 11.3. The van der Waals surface area contributed by atoms with Gasteiger partial charge < -0.3 is 15.8 Å². The van der Waals surface area contributed by atoms with Gasteiger partial charge in [0.2, 0.25) is 0 Å². The summed E-state index contributed by atoms with van der Waals surface area (Å²) in [7, 11) is 0. The fraction of sp³-hybridized carbons (Fsp3) is 0.130. The van der Waals surface area contributed by atoms with E-state index in [0.717, 1.165) is 28.3 Å².